The van der Waals surface area contributed by atoms with Crippen LogP contribution >= 0.6 is 15.9 Å². The first-order valence-corrected chi connectivity index (χ1v) is 6.12. The average molecular weight is 321 g/mol. The number of carbonyl (C=O) groups is 2. The number of carboxylic acid groups (broad SMARTS) is 1. The van der Waals surface area contributed by atoms with Gasteiger partial charge in [-0.3, -0.25) is 9.78 Å². The second-order valence-corrected chi connectivity index (χ2v) is 4.58. The molecular weight excluding hydrogens is 312 g/mol. The molecule has 1 amide bonds. The fourth-order valence-electron chi connectivity index (χ4n) is 1.48. The van der Waals surface area contributed by atoms with Crippen molar-refractivity contribution in [2.45, 2.75) is 0 Å². The van der Waals surface area contributed by atoms with Gasteiger partial charge in [-0.15, -0.1) is 0 Å². The predicted octanol–water partition coefficient (Wildman–Crippen LogP) is 2.79. The zero-order valence-electron chi connectivity index (χ0n) is 9.63. The van der Waals surface area contributed by atoms with Crippen LogP contribution in [0.4, 0.5) is 5.69 Å². The Balaban J connectivity index is 2.25. The Morgan fingerprint density at radius 2 is 1.84 bits per heavy atom. The number of halogens is 1. The lowest BCUT2D eigenvalue weighted by Gasteiger charge is -2.06. The number of carboxylic acids is 1. The van der Waals surface area contributed by atoms with Crippen molar-refractivity contribution >= 4 is 33.5 Å². The van der Waals surface area contributed by atoms with Gasteiger partial charge in [-0.25, -0.2) is 4.79 Å². The highest BCUT2D eigenvalue weighted by atomic mass is 79.9. The van der Waals surface area contributed by atoms with Gasteiger partial charge >= 0.3 is 5.97 Å². The first-order valence-electron chi connectivity index (χ1n) is 5.33. The maximum Gasteiger partial charge on any atom is 0.338 e. The van der Waals surface area contributed by atoms with E-state index in [4.69, 9.17) is 5.11 Å². The molecule has 0 saturated carbocycles. The van der Waals surface area contributed by atoms with Crippen LogP contribution in [0.1, 0.15) is 20.8 Å². The highest BCUT2D eigenvalue weighted by Gasteiger charge is 2.17. The summed E-state index contributed by atoms with van der Waals surface area (Å²) in [7, 11) is 0. The predicted molar refractivity (Wildman–Crippen MR) is 73.3 cm³/mol. The van der Waals surface area contributed by atoms with E-state index in [1.165, 1.54) is 18.3 Å². The highest BCUT2D eigenvalue weighted by molar-refractivity contribution is 9.10. The van der Waals surface area contributed by atoms with Gasteiger partial charge in [0.1, 0.15) is 5.69 Å². The number of carbonyl (C=O) groups excluding carboxylic acids is 1. The van der Waals surface area contributed by atoms with E-state index in [9.17, 15) is 9.59 Å². The van der Waals surface area contributed by atoms with Crippen molar-refractivity contribution in [3.05, 3.63) is 58.3 Å². The van der Waals surface area contributed by atoms with Crippen LogP contribution in [-0.2, 0) is 0 Å². The third kappa shape index (κ3) is 3.17. The molecule has 2 N–H and O–H groups in total. The van der Waals surface area contributed by atoms with E-state index < -0.39 is 11.9 Å². The summed E-state index contributed by atoms with van der Waals surface area (Å²) in [5.74, 6) is -1.74. The fourth-order valence-corrected chi connectivity index (χ4v) is 1.75. The molecule has 1 aromatic heterocycles. The SMILES string of the molecule is O=C(O)c1cccnc1C(=O)Nc1ccc(Br)cc1. The molecule has 2 aromatic rings. The second kappa shape index (κ2) is 5.62. The lowest BCUT2D eigenvalue weighted by atomic mass is 10.2. The van der Waals surface area contributed by atoms with Gasteiger partial charge in [0.15, 0.2) is 0 Å². The molecule has 96 valence electrons. The van der Waals surface area contributed by atoms with Crippen LogP contribution in [0.2, 0.25) is 0 Å². The van der Waals surface area contributed by atoms with Gasteiger partial charge in [-0.1, -0.05) is 15.9 Å². The molecule has 0 fully saturated rings. The van der Waals surface area contributed by atoms with Crippen LogP contribution in [0.3, 0.4) is 0 Å². The number of hydrogen-bond acceptors (Lipinski definition) is 3. The first kappa shape index (κ1) is 13.2. The number of pyridine rings is 1. The summed E-state index contributed by atoms with van der Waals surface area (Å²) in [6.45, 7) is 0. The molecule has 2 rings (SSSR count). The molecule has 0 aliphatic carbocycles. The molecule has 0 unspecified atom stereocenters. The zero-order valence-corrected chi connectivity index (χ0v) is 11.2. The number of nitrogens with zero attached hydrogens (tertiary/aromatic N) is 1. The number of anilines is 1. The number of nitrogens with one attached hydrogen (secondary N) is 1. The zero-order chi connectivity index (χ0) is 13.8. The van der Waals surface area contributed by atoms with Crippen LogP contribution < -0.4 is 5.32 Å². The van der Waals surface area contributed by atoms with Gasteiger partial charge < -0.3 is 10.4 Å². The molecule has 19 heavy (non-hydrogen) atoms. The molecule has 0 atom stereocenters. The van der Waals surface area contributed by atoms with Gasteiger partial charge in [0.05, 0.1) is 5.56 Å². The molecule has 0 saturated heterocycles. The Labute approximate surface area is 117 Å². The Bertz CT molecular complexity index is 626. The van der Waals surface area contributed by atoms with Crippen molar-refractivity contribution in [2.24, 2.45) is 0 Å². The second-order valence-electron chi connectivity index (χ2n) is 3.67. The minimum Gasteiger partial charge on any atom is -0.478 e. The van der Waals surface area contributed by atoms with Gasteiger partial charge in [0, 0.05) is 16.4 Å². The van der Waals surface area contributed by atoms with E-state index in [1.54, 1.807) is 24.3 Å². The molecule has 0 spiro atoms. The summed E-state index contributed by atoms with van der Waals surface area (Å²) in [6.07, 6.45) is 1.38. The Morgan fingerprint density at radius 1 is 1.16 bits per heavy atom. The van der Waals surface area contributed by atoms with Gasteiger partial charge in [-0.2, -0.15) is 0 Å². The molecule has 0 bridgehead atoms. The number of aromatic carboxylic acids is 1. The van der Waals surface area contributed by atoms with E-state index in [0.29, 0.717) is 5.69 Å². The van der Waals surface area contributed by atoms with Crippen LogP contribution in [0.25, 0.3) is 0 Å². The lowest BCUT2D eigenvalue weighted by Crippen LogP contribution is -2.18. The summed E-state index contributed by atoms with van der Waals surface area (Å²) in [5, 5.41) is 11.6. The van der Waals surface area contributed by atoms with E-state index in [0.717, 1.165) is 4.47 Å². The van der Waals surface area contributed by atoms with Gasteiger partial charge in [0.2, 0.25) is 0 Å². The van der Waals surface area contributed by atoms with E-state index in [1.807, 2.05) is 0 Å². The molecular formula is C13H9BrN2O3. The van der Waals surface area contributed by atoms with Crippen molar-refractivity contribution in [2.75, 3.05) is 5.32 Å². The molecule has 0 aliphatic rings. The normalized spacial score (nSPS) is 9.95. The summed E-state index contributed by atoms with van der Waals surface area (Å²) in [4.78, 5) is 26.8. The third-order valence-electron chi connectivity index (χ3n) is 2.36. The molecule has 0 aliphatic heterocycles. The first-order chi connectivity index (χ1) is 9.08. The molecule has 0 radical (unpaired) electrons. The summed E-state index contributed by atoms with van der Waals surface area (Å²) in [5.41, 5.74) is 0.324. The fraction of sp³-hybridized carbons (Fsp3) is 0. The summed E-state index contributed by atoms with van der Waals surface area (Å²) < 4.78 is 0.884. The molecule has 6 heteroatoms. The lowest BCUT2D eigenvalue weighted by molar-refractivity contribution is 0.0691. The Morgan fingerprint density at radius 3 is 2.47 bits per heavy atom. The van der Waals surface area contributed by atoms with Crippen molar-refractivity contribution in [3.63, 3.8) is 0 Å². The number of hydrogen-bond donors (Lipinski definition) is 2. The largest absolute Gasteiger partial charge is 0.478 e. The number of benzene rings is 1. The number of amides is 1. The highest BCUT2D eigenvalue weighted by Crippen LogP contribution is 2.15. The minimum absolute atomic E-state index is 0.113. The molecule has 1 heterocycles. The van der Waals surface area contributed by atoms with Crippen molar-refractivity contribution in [3.8, 4) is 0 Å². The van der Waals surface area contributed by atoms with E-state index in [2.05, 4.69) is 26.2 Å². The quantitative estimate of drug-likeness (QED) is 0.911. The third-order valence-corrected chi connectivity index (χ3v) is 2.88. The van der Waals surface area contributed by atoms with Gasteiger partial charge in [0.25, 0.3) is 5.91 Å². The van der Waals surface area contributed by atoms with E-state index in [-0.39, 0.29) is 11.3 Å². The molecule has 1 aromatic carbocycles. The van der Waals surface area contributed by atoms with Crippen LogP contribution in [-0.4, -0.2) is 22.0 Å². The molecule has 5 nitrogen and oxygen atoms in total. The van der Waals surface area contributed by atoms with Crippen LogP contribution in [0.5, 0.6) is 0 Å². The topological polar surface area (TPSA) is 79.3 Å². The van der Waals surface area contributed by atoms with E-state index >= 15 is 0 Å². The minimum atomic E-state index is -1.19. The van der Waals surface area contributed by atoms with Crippen LogP contribution in [0, 0.1) is 0 Å². The Hall–Kier alpha value is -2.21. The van der Waals surface area contributed by atoms with Crippen LogP contribution in [0.15, 0.2) is 47.1 Å². The average Bonchev–Trinajstić information content (AvgIpc) is 2.41. The summed E-state index contributed by atoms with van der Waals surface area (Å²) in [6, 6.07) is 9.75. The number of aromatic nitrogens is 1. The van der Waals surface area contributed by atoms with Crippen molar-refractivity contribution in [1.82, 2.24) is 4.98 Å². The van der Waals surface area contributed by atoms with Gasteiger partial charge in [-0.05, 0) is 36.4 Å². The van der Waals surface area contributed by atoms with Crippen molar-refractivity contribution < 1.29 is 14.7 Å². The van der Waals surface area contributed by atoms with Crippen molar-refractivity contribution in [1.29, 1.82) is 0 Å². The monoisotopic (exact) mass is 320 g/mol. The standard InChI is InChI=1S/C13H9BrN2O3/c14-8-3-5-9(6-4-8)16-12(17)11-10(13(18)19)2-1-7-15-11/h1-7H,(H,16,17)(H,18,19). The maximum absolute atomic E-state index is 12.0. The Kier molecular flexibility index (Phi) is 3.91. The summed E-state index contributed by atoms with van der Waals surface area (Å²) >= 11 is 3.28. The number of rotatable bonds is 3. The smallest absolute Gasteiger partial charge is 0.338 e. The maximum atomic E-state index is 12.0.